The van der Waals surface area contributed by atoms with Crippen LogP contribution in [0.2, 0.25) is 0 Å². The van der Waals surface area contributed by atoms with Crippen LogP contribution in [0.3, 0.4) is 0 Å². The summed E-state index contributed by atoms with van der Waals surface area (Å²) in [5, 5.41) is 8.97. The molecule has 0 radical (unpaired) electrons. The quantitative estimate of drug-likeness (QED) is 0.392. The topological polar surface area (TPSA) is 23.8 Å². The molecule has 0 aliphatic heterocycles. The number of unbranched alkanes of at least 4 members (excludes halogenated alkanes) is 2. The first-order valence-electron chi connectivity index (χ1n) is 9.39. The lowest BCUT2D eigenvalue weighted by Crippen LogP contribution is -2.20. The van der Waals surface area contributed by atoms with Crippen molar-refractivity contribution in [1.29, 1.82) is 5.26 Å². The SMILES string of the molecule is C=CCC(c1ccc(C#N)cc1)C1CCC(CCCCC)CC1. The normalized spacial score (nSPS) is 22.3. The van der Waals surface area contributed by atoms with Gasteiger partial charge < -0.3 is 0 Å². The van der Waals surface area contributed by atoms with E-state index >= 15 is 0 Å². The Labute approximate surface area is 142 Å². The first kappa shape index (κ1) is 17.8. The Morgan fingerprint density at radius 2 is 1.87 bits per heavy atom. The molecule has 1 aliphatic carbocycles. The average molecular weight is 309 g/mol. The van der Waals surface area contributed by atoms with E-state index in [9.17, 15) is 0 Å². The largest absolute Gasteiger partial charge is 0.192 e. The number of nitriles is 1. The highest BCUT2D eigenvalue weighted by Gasteiger charge is 2.27. The zero-order chi connectivity index (χ0) is 16.5. The van der Waals surface area contributed by atoms with E-state index in [4.69, 9.17) is 5.26 Å². The molecule has 1 atom stereocenters. The number of allylic oxidation sites excluding steroid dienone is 1. The predicted molar refractivity (Wildman–Crippen MR) is 98.3 cm³/mol. The smallest absolute Gasteiger partial charge is 0.0991 e. The minimum Gasteiger partial charge on any atom is -0.192 e. The Morgan fingerprint density at radius 1 is 1.17 bits per heavy atom. The van der Waals surface area contributed by atoms with E-state index in [2.05, 4.69) is 37.8 Å². The summed E-state index contributed by atoms with van der Waals surface area (Å²) in [6.45, 7) is 6.25. The minimum atomic E-state index is 0.580. The molecule has 23 heavy (non-hydrogen) atoms. The standard InChI is InChI=1S/C22H31N/c1-3-5-6-8-18-9-13-20(14-10-18)22(7-4-2)21-15-11-19(17-23)12-16-21/h4,11-12,15-16,18,20,22H,2-3,5-10,13-14H2,1H3. The van der Waals surface area contributed by atoms with Crippen molar-refractivity contribution in [2.24, 2.45) is 11.8 Å². The summed E-state index contributed by atoms with van der Waals surface area (Å²) in [7, 11) is 0. The second-order valence-electron chi connectivity index (χ2n) is 7.14. The van der Waals surface area contributed by atoms with E-state index in [1.165, 1.54) is 56.9 Å². The van der Waals surface area contributed by atoms with Crippen molar-refractivity contribution in [3.05, 3.63) is 48.0 Å². The van der Waals surface area contributed by atoms with Gasteiger partial charge in [0.1, 0.15) is 0 Å². The van der Waals surface area contributed by atoms with Crippen molar-refractivity contribution in [2.75, 3.05) is 0 Å². The van der Waals surface area contributed by atoms with Crippen molar-refractivity contribution in [3.8, 4) is 6.07 Å². The van der Waals surface area contributed by atoms with Gasteiger partial charge in [0, 0.05) is 0 Å². The summed E-state index contributed by atoms with van der Waals surface area (Å²) in [5.74, 6) is 2.32. The second-order valence-corrected chi connectivity index (χ2v) is 7.14. The monoisotopic (exact) mass is 309 g/mol. The molecule has 0 aromatic heterocycles. The number of hydrogen-bond donors (Lipinski definition) is 0. The summed E-state index contributed by atoms with van der Waals surface area (Å²) in [6, 6.07) is 10.4. The zero-order valence-electron chi connectivity index (χ0n) is 14.6. The molecule has 0 bridgehead atoms. The maximum absolute atomic E-state index is 8.97. The minimum absolute atomic E-state index is 0.580. The van der Waals surface area contributed by atoms with Gasteiger partial charge in [0.15, 0.2) is 0 Å². The zero-order valence-corrected chi connectivity index (χ0v) is 14.6. The van der Waals surface area contributed by atoms with E-state index in [-0.39, 0.29) is 0 Å². The fourth-order valence-electron chi connectivity index (χ4n) is 4.15. The molecular formula is C22H31N. The maximum Gasteiger partial charge on any atom is 0.0991 e. The summed E-state index contributed by atoms with van der Waals surface area (Å²) in [4.78, 5) is 0. The maximum atomic E-state index is 8.97. The van der Waals surface area contributed by atoms with Gasteiger partial charge in [-0.3, -0.25) is 0 Å². The molecule has 1 unspecified atom stereocenters. The number of hydrogen-bond acceptors (Lipinski definition) is 1. The van der Waals surface area contributed by atoms with Crippen LogP contribution in [0.4, 0.5) is 0 Å². The van der Waals surface area contributed by atoms with Crippen LogP contribution in [0.15, 0.2) is 36.9 Å². The Hall–Kier alpha value is -1.55. The van der Waals surface area contributed by atoms with Crippen molar-refractivity contribution in [2.45, 2.75) is 70.6 Å². The van der Waals surface area contributed by atoms with Crippen LogP contribution in [-0.4, -0.2) is 0 Å². The summed E-state index contributed by atoms with van der Waals surface area (Å²) in [6.07, 6.45) is 14.2. The molecule has 0 N–H and O–H groups in total. The highest BCUT2D eigenvalue weighted by atomic mass is 14.3. The van der Waals surface area contributed by atoms with Crippen molar-refractivity contribution in [3.63, 3.8) is 0 Å². The van der Waals surface area contributed by atoms with Gasteiger partial charge in [-0.1, -0.05) is 63.7 Å². The van der Waals surface area contributed by atoms with Crippen LogP contribution in [0, 0.1) is 23.2 Å². The number of nitrogens with zero attached hydrogens (tertiary/aromatic N) is 1. The third-order valence-electron chi connectivity index (χ3n) is 5.56. The predicted octanol–water partition coefficient (Wildman–Crippen LogP) is 6.60. The Balaban J connectivity index is 1.94. The van der Waals surface area contributed by atoms with E-state index < -0.39 is 0 Å². The average Bonchev–Trinajstić information content (AvgIpc) is 2.61. The lowest BCUT2D eigenvalue weighted by atomic mass is 9.71. The molecule has 124 valence electrons. The van der Waals surface area contributed by atoms with E-state index in [1.807, 2.05) is 12.1 Å². The highest BCUT2D eigenvalue weighted by Crippen LogP contribution is 2.41. The van der Waals surface area contributed by atoms with Crippen molar-refractivity contribution < 1.29 is 0 Å². The summed E-state index contributed by atoms with van der Waals surface area (Å²) < 4.78 is 0. The highest BCUT2D eigenvalue weighted by molar-refractivity contribution is 5.33. The van der Waals surface area contributed by atoms with Gasteiger partial charge in [-0.25, -0.2) is 0 Å². The molecular weight excluding hydrogens is 278 g/mol. The molecule has 0 heterocycles. The Kier molecular flexibility index (Phi) is 7.40. The Morgan fingerprint density at radius 3 is 2.43 bits per heavy atom. The van der Waals surface area contributed by atoms with Crippen LogP contribution < -0.4 is 0 Å². The van der Waals surface area contributed by atoms with Gasteiger partial charge in [-0.15, -0.1) is 6.58 Å². The summed E-state index contributed by atoms with van der Waals surface area (Å²) >= 11 is 0. The molecule has 1 nitrogen and oxygen atoms in total. The second kappa shape index (κ2) is 9.56. The van der Waals surface area contributed by atoms with Gasteiger partial charge in [-0.05, 0) is 54.7 Å². The molecule has 1 heteroatoms. The fraction of sp³-hybridized carbons (Fsp3) is 0.591. The van der Waals surface area contributed by atoms with Crippen LogP contribution >= 0.6 is 0 Å². The summed E-state index contributed by atoms with van der Waals surface area (Å²) in [5.41, 5.74) is 2.14. The van der Waals surface area contributed by atoms with E-state index in [0.29, 0.717) is 5.92 Å². The van der Waals surface area contributed by atoms with Gasteiger partial charge in [0.25, 0.3) is 0 Å². The van der Waals surface area contributed by atoms with E-state index in [0.717, 1.165) is 23.8 Å². The van der Waals surface area contributed by atoms with Gasteiger partial charge in [0.2, 0.25) is 0 Å². The molecule has 1 aromatic rings. The van der Waals surface area contributed by atoms with Crippen LogP contribution in [0.5, 0.6) is 0 Å². The molecule has 0 spiro atoms. The third-order valence-corrected chi connectivity index (χ3v) is 5.56. The molecule has 1 aromatic carbocycles. The van der Waals surface area contributed by atoms with Crippen LogP contribution in [0.25, 0.3) is 0 Å². The molecule has 1 saturated carbocycles. The van der Waals surface area contributed by atoms with Crippen molar-refractivity contribution >= 4 is 0 Å². The number of benzene rings is 1. The molecule has 0 saturated heterocycles. The van der Waals surface area contributed by atoms with Gasteiger partial charge in [-0.2, -0.15) is 5.26 Å². The lowest BCUT2D eigenvalue weighted by molar-refractivity contribution is 0.230. The van der Waals surface area contributed by atoms with E-state index in [1.54, 1.807) is 0 Å². The molecule has 0 amide bonds. The van der Waals surface area contributed by atoms with Crippen LogP contribution in [0.1, 0.15) is 81.8 Å². The molecule has 1 fully saturated rings. The number of rotatable bonds is 8. The van der Waals surface area contributed by atoms with Crippen molar-refractivity contribution in [1.82, 2.24) is 0 Å². The molecule has 1 aliphatic rings. The fourth-order valence-corrected chi connectivity index (χ4v) is 4.15. The van der Waals surface area contributed by atoms with Crippen LogP contribution in [-0.2, 0) is 0 Å². The lowest BCUT2D eigenvalue weighted by Gasteiger charge is -2.34. The molecule has 2 rings (SSSR count). The third kappa shape index (κ3) is 5.24. The first-order valence-corrected chi connectivity index (χ1v) is 9.39. The Bertz CT molecular complexity index is 500. The van der Waals surface area contributed by atoms with Gasteiger partial charge in [0.05, 0.1) is 11.6 Å². The van der Waals surface area contributed by atoms with Gasteiger partial charge >= 0.3 is 0 Å². The first-order chi connectivity index (χ1) is 11.3.